The van der Waals surface area contributed by atoms with Gasteiger partial charge in [0.15, 0.2) is 0 Å². The van der Waals surface area contributed by atoms with Gasteiger partial charge in [0.25, 0.3) is 11.8 Å². The van der Waals surface area contributed by atoms with Crippen molar-refractivity contribution in [1.29, 1.82) is 0 Å². The third-order valence-corrected chi connectivity index (χ3v) is 11.6. The molecule has 1 aliphatic rings. The third kappa shape index (κ3) is 19.7. The second kappa shape index (κ2) is 27.3. The lowest BCUT2D eigenvalue weighted by molar-refractivity contribution is -0.137. The molecule has 3 aromatic rings. The quantitative estimate of drug-likeness (QED) is 0.0361. The first kappa shape index (κ1) is 58.7. The number of primary amides is 1. The van der Waals surface area contributed by atoms with Crippen LogP contribution in [0, 0.1) is 5.92 Å². The number of hydrogen-bond donors (Lipinski definition) is 6. The molecule has 2 atom stereocenters. The van der Waals surface area contributed by atoms with Crippen LogP contribution in [0.2, 0.25) is 0 Å². The molecule has 7 N–H and O–H groups in total. The van der Waals surface area contributed by atoms with E-state index in [4.69, 9.17) is 24.4 Å². The molecule has 0 saturated heterocycles. The van der Waals surface area contributed by atoms with Crippen LogP contribution in [0.3, 0.4) is 0 Å². The maximum Gasteiger partial charge on any atom is 0.415 e. The van der Waals surface area contributed by atoms with Crippen LogP contribution in [-0.4, -0.2) is 138 Å². The molecule has 23 heteroatoms. The van der Waals surface area contributed by atoms with E-state index in [9.17, 15) is 47.9 Å². The van der Waals surface area contributed by atoms with Gasteiger partial charge in [-0.3, -0.25) is 33.7 Å². The van der Waals surface area contributed by atoms with Crippen LogP contribution < -0.4 is 42.7 Å². The lowest BCUT2D eigenvalue weighted by atomic mass is 9.99. The summed E-state index contributed by atoms with van der Waals surface area (Å²) in [5.41, 5.74) is 4.24. The molecule has 0 saturated carbocycles. The summed E-state index contributed by atoms with van der Waals surface area (Å²) >= 11 is 0. The predicted octanol–water partition coefficient (Wildman–Crippen LogP) is 3.68. The molecular formula is C51H69N9O14. The number of rotatable bonds is 27. The summed E-state index contributed by atoms with van der Waals surface area (Å²) in [6.45, 7) is 11.1. The first-order chi connectivity index (χ1) is 34.8. The first-order valence-electron chi connectivity index (χ1n) is 24.2. The summed E-state index contributed by atoms with van der Waals surface area (Å²) < 4.78 is 22.0. The average Bonchev–Trinajstić information content (AvgIpc) is 3.64. The fraction of sp³-hybridized carbons (Fsp3) is 0.490. The highest BCUT2D eigenvalue weighted by molar-refractivity contribution is 6.12. The molecule has 1 aromatic heterocycles. The Morgan fingerprint density at radius 2 is 1.45 bits per heavy atom. The fourth-order valence-corrected chi connectivity index (χ4v) is 7.31. The zero-order valence-electron chi connectivity index (χ0n) is 43.2. The van der Waals surface area contributed by atoms with Gasteiger partial charge >= 0.3 is 23.8 Å². The molecule has 0 fully saturated rings. The number of nitrogens with one attached hydrogen (secondary N) is 5. The fourth-order valence-electron chi connectivity index (χ4n) is 7.31. The Hall–Kier alpha value is -7.82. The van der Waals surface area contributed by atoms with Crippen molar-refractivity contribution in [2.24, 2.45) is 11.7 Å². The van der Waals surface area contributed by atoms with Crippen molar-refractivity contribution >= 4 is 70.3 Å². The number of fused-ring (bicyclic) bond motifs is 1. The molecule has 0 bridgehead atoms. The van der Waals surface area contributed by atoms with E-state index in [1.54, 1.807) is 70.2 Å². The van der Waals surface area contributed by atoms with Crippen molar-refractivity contribution in [3.05, 3.63) is 82.7 Å². The monoisotopic (exact) mass is 1030 g/mol. The molecule has 1 unspecified atom stereocenters. The zero-order chi connectivity index (χ0) is 54.8. The lowest BCUT2D eigenvalue weighted by Crippen LogP contribution is -2.55. The Labute approximate surface area is 429 Å². The van der Waals surface area contributed by atoms with E-state index >= 15 is 0 Å². The largest absolute Gasteiger partial charge is 0.445 e. The molecule has 74 heavy (non-hydrogen) atoms. The minimum atomic E-state index is -1.10. The van der Waals surface area contributed by atoms with Crippen molar-refractivity contribution < 1.29 is 61.8 Å². The van der Waals surface area contributed by atoms with Crippen molar-refractivity contribution in [3.63, 3.8) is 0 Å². The van der Waals surface area contributed by atoms with E-state index < -0.39 is 82.5 Å². The van der Waals surface area contributed by atoms with Crippen molar-refractivity contribution in [2.75, 3.05) is 52.2 Å². The summed E-state index contributed by atoms with van der Waals surface area (Å²) in [7, 11) is 3.00. The number of carbonyl (C=O) groups excluding carboxylic acids is 9. The number of amides is 10. The van der Waals surface area contributed by atoms with Gasteiger partial charge in [-0.25, -0.2) is 19.2 Å². The molecule has 2 aromatic carbocycles. The molecule has 0 aliphatic carbocycles. The van der Waals surface area contributed by atoms with E-state index in [0.29, 0.717) is 29.5 Å². The van der Waals surface area contributed by atoms with Gasteiger partial charge in [-0.1, -0.05) is 26.0 Å². The Morgan fingerprint density at radius 1 is 0.797 bits per heavy atom. The Kier molecular flexibility index (Phi) is 21.7. The van der Waals surface area contributed by atoms with Gasteiger partial charge in [0.05, 0.1) is 12.0 Å². The Bertz CT molecular complexity index is 2580. The SMILES string of the molecule is CC(C)C(NC(=O)CC(C)(C)OCCC(C)(C)NC(=O)CCCN1C(=O)C=CC1=O)C(=O)N[C@@H](CCCNC(N)=O)C(=O)Nc1ccc(COC(=O)N(C)CCN(C)C(=O)Oc2ccc3ccc(=O)oc3c2)cc1. The maximum atomic E-state index is 13.8. The van der Waals surface area contributed by atoms with Gasteiger partial charge in [-0.15, -0.1) is 0 Å². The van der Waals surface area contributed by atoms with Crippen molar-refractivity contribution in [2.45, 2.75) is 110 Å². The van der Waals surface area contributed by atoms with Crippen LogP contribution in [0.15, 0.2) is 76.0 Å². The highest BCUT2D eigenvalue weighted by atomic mass is 16.6. The maximum absolute atomic E-state index is 13.8. The smallest absolute Gasteiger partial charge is 0.415 e. The minimum Gasteiger partial charge on any atom is -0.445 e. The topological polar surface area (TPSA) is 307 Å². The number of nitrogens with two attached hydrogens (primary N) is 1. The average molecular weight is 1030 g/mol. The molecule has 0 spiro atoms. The van der Waals surface area contributed by atoms with Crippen LogP contribution in [0.1, 0.15) is 85.6 Å². The van der Waals surface area contributed by atoms with E-state index in [-0.39, 0.29) is 82.3 Å². The second-order valence-corrected chi connectivity index (χ2v) is 19.4. The van der Waals surface area contributed by atoms with E-state index in [1.807, 2.05) is 13.8 Å². The van der Waals surface area contributed by atoms with E-state index in [1.165, 1.54) is 48.2 Å². The summed E-state index contributed by atoms with van der Waals surface area (Å²) in [4.78, 5) is 129. The Balaban J connectivity index is 1.23. The van der Waals surface area contributed by atoms with Crippen molar-refractivity contribution in [1.82, 2.24) is 36.0 Å². The lowest BCUT2D eigenvalue weighted by Gasteiger charge is -2.31. The van der Waals surface area contributed by atoms with Crippen LogP contribution in [0.5, 0.6) is 5.75 Å². The zero-order valence-corrected chi connectivity index (χ0v) is 43.2. The first-order valence-corrected chi connectivity index (χ1v) is 24.2. The normalized spacial score (nSPS) is 13.2. The van der Waals surface area contributed by atoms with E-state index in [0.717, 1.165) is 4.90 Å². The van der Waals surface area contributed by atoms with E-state index in [2.05, 4.69) is 26.6 Å². The van der Waals surface area contributed by atoms with Gasteiger partial charge in [0.2, 0.25) is 23.6 Å². The number of ether oxygens (including phenoxy) is 3. The molecule has 4 rings (SSSR count). The number of nitrogens with zero attached hydrogens (tertiary/aromatic N) is 3. The molecule has 10 amide bonds. The van der Waals surface area contributed by atoms with Gasteiger partial charge in [0.1, 0.15) is 30.0 Å². The number of anilines is 1. The highest BCUT2D eigenvalue weighted by Crippen LogP contribution is 2.21. The van der Waals surface area contributed by atoms with Crippen LogP contribution >= 0.6 is 0 Å². The van der Waals surface area contributed by atoms with Gasteiger partial charge < -0.3 is 60.7 Å². The van der Waals surface area contributed by atoms with Gasteiger partial charge in [0, 0.05) is 94.2 Å². The van der Waals surface area contributed by atoms with Gasteiger partial charge in [-0.05, 0) is 95.2 Å². The van der Waals surface area contributed by atoms with Crippen LogP contribution in [-0.2, 0) is 44.8 Å². The highest BCUT2D eigenvalue weighted by Gasteiger charge is 2.32. The molecule has 23 nitrogen and oxygen atoms in total. The van der Waals surface area contributed by atoms with Crippen LogP contribution in [0.4, 0.5) is 20.1 Å². The minimum absolute atomic E-state index is 0.0936. The number of urea groups is 1. The molecule has 402 valence electrons. The number of benzene rings is 2. The van der Waals surface area contributed by atoms with Gasteiger partial charge in [-0.2, -0.15) is 0 Å². The summed E-state index contributed by atoms with van der Waals surface area (Å²) in [6, 6.07) is 11.1. The summed E-state index contributed by atoms with van der Waals surface area (Å²) in [5, 5.41) is 14.4. The standard InChI is InChI=1S/C51H69N9O14/c1-32(2)44(56-40(62)30-51(5,6)72-28-23-50(3,4)57-39(61)12-10-25-60-41(63)20-21-42(60)64)46(67)55-37(11-9-24-53-47(52)68)45(66)54-35-17-13-33(14-18-35)31-71-48(69)58(7)26-27-59(8)49(70)73-36-19-15-34-16-22-43(65)74-38(34)29-36/h13-22,29,32,37,44H,9-12,23-28,30-31H2,1-8H3,(H,54,66)(H,55,67)(H,56,62)(H,57,61)(H3,52,53,68)/t37-,44?/m0/s1. The molecule has 1 aliphatic heterocycles. The second-order valence-electron chi connectivity index (χ2n) is 19.4. The summed E-state index contributed by atoms with van der Waals surface area (Å²) in [6.07, 6.45) is 2.08. The number of imide groups is 1. The molecular weight excluding hydrogens is 963 g/mol. The number of carbonyl (C=O) groups is 9. The predicted molar refractivity (Wildman–Crippen MR) is 271 cm³/mol. The Morgan fingerprint density at radius 3 is 2.09 bits per heavy atom. The molecule has 0 radical (unpaired) electrons. The third-order valence-electron chi connectivity index (χ3n) is 11.6. The van der Waals surface area contributed by atoms with Crippen LogP contribution in [0.25, 0.3) is 11.0 Å². The number of hydrogen-bond acceptors (Lipinski definition) is 14. The molecule has 2 heterocycles. The number of likely N-dealkylation sites (N-methyl/N-ethyl adjacent to an activating group) is 2. The summed E-state index contributed by atoms with van der Waals surface area (Å²) in [5.74, 6) is -2.95. The van der Waals surface area contributed by atoms with Crippen molar-refractivity contribution in [3.8, 4) is 5.75 Å².